The molecule has 2 rings (SSSR count). The Labute approximate surface area is 87.2 Å². The van der Waals surface area contributed by atoms with Crippen LogP contribution in [0.1, 0.15) is 64.2 Å². The highest BCUT2D eigenvalue weighted by Crippen LogP contribution is 2.26. The molecule has 80 valence electrons. The lowest BCUT2D eigenvalue weighted by atomic mass is 9.90. The van der Waals surface area contributed by atoms with E-state index in [1.165, 1.54) is 64.2 Å². The molecule has 0 amide bonds. The zero-order valence-corrected chi connectivity index (χ0v) is 9.17. The lowest BCUT2D eigenvalue weighted by Gasteiger charge is -2.24. The van der Waals surface area contributed by atoms with Crippen LogP contribution in [0.3, 0.4) is 0 Å². The zero-order chi connectivity index (χ0) is 9.80. The normalized spacial score (nSPS) is 26.3. The third-order valence-electron chi connectivity index (χ3n) is 3.94. The summed E-state index contributed by atoms with van der Waals surface area (Å²) in [5, 5.41) is 0. The first-order valence-corrected chi connectivity index (χ1v) is 6.37. The Kier molecular flexibility index (Phi) is 3.55. The summed E-state index contributed by atoms with van der Waals surface area (Å²) in [5.74, 6) is 0. The molecule has 0 aromatic carbocycles. The number of hydrogen-bond acceptors (Lipinski definition) is 1. The van der Waals surface area contributed by atoms with E-state index in [9.17, 15) is 0 Å². The van der Waals surface area contributed by atoms with Crippen LogP contribution in [0, 0.1) is 5.53 Å². The van der Waals surface area contributed by atoms with Gasteiger partial charge in [-0.05, 0) is 25.7 Å². The predicted octanol–water partition coefficient (Wildman–Crippen LogP) is 3.70. The predicted molar refractivity (Wildman–Crippen MR) is 56.7 cm³/mol. The van der Waals surface area contributed by atoms with Gasteiger partial charge in [0.2, 0.25) is 0 Å². The summed E-state index contributed by atoms with van der Waals surface area (Å²) in [5.41, 5.74) is 8.19. The molecule has 2 saturated carbocycles. The molecule has 0 heterocycles. The summed E-state index contributed by atoms with van der Waals surface area (Å²) in [6, 6.07) is 1.18. The number of hydrogen-bond donors (Lipinski definition) is 1. The lowest BCUT2D eigenvalue weighted by molar-refractivity contribution is -0.684. The van der Waals surface area contributed by atoms with Crippen molar-refractivity contribution in [2.75, 3.05) is 0 Å². The summed E-state index contributed by atoms with van der Waals surface area (Å²) < 4.78 is 1.97. The summed E-state index contributed by atoms with van der Waals surface area (Å²) in [6.45, 7) is 0. The highest BCUT2D eigenvalue weighted by atomic mass is 15.2. The quantitative estimate of drug-likeness (QED) is 0.514. The van der Waals surface area contributed by atoms with E-state index in [1.807, 2.05) is 4.70 Å². The molecule has 0 aliphatic heterocycles. The molecule has 0 aromatic rings. The van der Waals surface area contributed by atoms with Crippen molar-refractivity contribution in [2.24, 2.45) is 0 Å². The molecule has 2 aliphatic carbocycles. The van der Waals surface area contributed by atoms with Gasteiger partial charge in [0.05, 0.1) is 0 Å². The van der Waals surface area contributed by atoms with Crippen LogP contribution in [-0.2, 0) is 0 Å². The van der Waals surface area contributed by atoms with E-state index in [1.54, 1.807) is 0 Å². The fraction of sp³-hybridized carbons (Fsp3) is 1.00. The molecule has 0 radical (unpaired) electrons. The average molecular weight is 195 g/mol. The fourth-order valence-corrected chi connectivity index (χ4v) is 3.02. The highest BCUT2D eigenvalue weighted by molar-refractivity contribution is 4.68. The summed E-state index contributed by atoms with van der Waals surface area (Å²) in [7, 11) is 0. The molecule has 2 fully saturated rings. The van der Waals surface area contributed by atoms with E-state index < -0.39 is 0 Å². The van der Waals surface area contributed by atoms with E-state index in [2.05, 4.69) is 0 Å². The van der Waals surface area contributed by atoms with Crippen LogP contribution in [0.2, 0.25) is 0 Å². The summed E-state index contributed by atoms with van der Waals surface area (Å²) >= 11 is 0. The minimum atomic E-state index is 0.590. The minimum Gasteiger partial charge on any atom is -0.125 e. The van der Waals surface area contributed by atoms with Gasteiger partial charge in [0.1, 0.15) is 0 Å². The first-order valence-electron chi connectivity index (χ1n) is 6.37. The van der Waals surface area contributed by atoms with Crippen molar-refractivity contribution in [1.29, 1.82) is 5.53 Å². The summed E-state index contributed by atoms with van der Waals surface area (Å²) in [6.07, 6.45) is 13.3. The Morgan fingerprint density at radius 2 is 1.00 bits per heavy atom. The summed E-state index contributed by atoms with van der Waals surface area (Å²) in [4.78, 5) is 0. The van der Waals surface area contributed by atoms with Crippen LogP contribution in [-0.4, -0.2) is 16.8 Å². The Morgan fingerprint density at radius 3 is 1.36 bits per heavy atom. The molecule has 0 unspecified atom stereocenters. The third kappa shape index (κ3) is 2.34. The van der Waals surface area contributed by atoms with Gasteiger partial charge in [0, 0.05) is 25.7 Å². The smallest absolute Gasteiger partial charge is 0.125 e. The molecule has 1 N–H and O–H groups in total. The second kappa shape index (κ2) is 4.90. The van der Waals surface area contributed by atoms with Crippen LogP contribution >= 0.6 is 0 Å². The van der Waals surface area contributed by atoms with Gasteiger partial charge >= 0.3 is 0 Å². The molecular formula is C12H23N2+. The van der Waals surface area contributed by atoms with Crippen molar-refractivity contribution in [3.8, 4) is 0 Å². The van der Waals surface area contributed by atoms with Crippen molar-refractivity contribution in [3.63, 3.8) is 0 Å². The minimum absolute atomic E-state index is 0.590. The highest BCUT2D eigenvalue weighted by Gasteiger charge is 2.31. The van der Waals surface area contributed by atoms with Gasteiger partial charge in [-0.3, -0.25) is 0 Å². The van der Waals surface area contributed by atoms with Crippen LogP contribution < -0.4 is 0 Å². The standard InChI is InChI=1S/C12H23N2/c13-14(11-7-3-1-4-8-11)12-9-5-2-6-10-12/h11-13H,1-10H2/q+1. The Morgan fingerprint density at radius 1 is 0.643 bits per heavy atom. The maximum absolute atomic E-state index is 8.19. The van der Waals surface area contributed by atoms with Crippen molar-refractivity contribution in [1.82, 2.24) is 0 Å². The maximum Gasteiger partial charge on any atom is 0.178 e. The third-order valence-corrected chi connectivity index (χ3v) is 3.94. The molecule has 2 aliphatic rings. The molecule has 0 aromatic heterocycles. The molecular weight excluding hydrogens is 172 g/mol. The molecule has 0 saturated heterocycles. The lowest BCUT2D eigenvalue weighted by Crippen LogP contribution is -2.35. The van der Waals surface area contributed by atoms with E-state index >= 15 is 0 Å². The Hall–Kier alpha value is -0.400. The first kappa shape index (κ1) is 10.1. The van der Waals surface area contributed by atoms with Gasteiger partial charge in [0.15, 0.2) is 12.1 Å². The maximum atomic E-state index is 8.19. The van der Waals surface area contributed by atoms with Gasteiger partial charge in [-0.2, -0.15) is 0 Å². The molecule has 0 bridgehead atoms. The topological polar surface area (TPSA) is 26.9 Å². The molecule has 2 heteroatoms. The van der Waals surface area contributed by atoms with Gasteiger partial charge in [-0.15, -0.1) is 4.70 Å². The van der Waals surface area contributed by atoms with Crippen molar-refractivity contribution >= 4 is 0 Å². The Balaban J connectivity index is 1.85. The SMILES string of the molecule is N=[N+](C1CCCCC1)C1CCCCC1. The molecule has 0 spiro atoms. The number of nitrogens with one attached hydrogen (secondary N) is 1. The van der Waals surface area contributed by atoms with Gasteiger partial charge in [-0.25, -0.2) is 0 Å². The number of nitrogens with zero attached hydrogens (tertiary/aromatic N) is 1. The Bertz CT molecular complexity index is 168. The second-order valence-corrected chi connectivity index (χ2v) is 4.99. The monoisotopic (exact) mass is 195 g/mol. The molecule has 0 atom stereocenters. The van der Waals surface area contributed by atoms with Gasteiger partial charge < -0.3 is 0 Å². The first-order chi connectivity index (χ1) is 6.88. The van der Waals surface area contributed by atoms with Crippen molar-refractivity contribution in [2.45, 2.75) is 76.3 Å². The van der Waals surface area contributed by atoms with Crippen LogP contribution in [0.25, 0.3) is 0 Å². The van der Waals surface area contributed by atoms with E-state index in [4.69, 9.17) is 5.53 Å². The van der Waals surface area contributed by atoms with E-state index in [0.717, 1.165) is 0 Å². The number of rotatable bonds is 2. The van der Waals surface area contributed by atoms with Crippen molar-refractivity contribution in [3.05, 3.63) is 0 Å². The van der Waals surface area contributed by atoms with Crippen LogP contribution in [0.4, 0.5) is 0 Å². The van der Waals surface area contributed by atoms with Gasteiger partial charge in [-0.1, -0.05) is 18.4 Å². The fourth-order valence-electron chi connectivity index (χ4n) is 3.02. The van der Waals surface area contributed by atoms with E-state index in [-0.39, 0.29) is 0 Å². The van der Waals surface area contributed by atoms with Crippen LogP contribution in [0.5, 0.6) is 0 Å². The molecule has 14 heavy (non-hydrogen) atoms. The molecule has 2 nitrogen and oxygen atoms in total. The zero-order valence-electron chi connectivity index (χ0n) is 9.17. The average Bonchev–Trinajstić information content (AvgIpc) is 2.30. The van der Waals surface area contributed by atoms with E-state index in [0.29, 0.717) is 12.1 Å². The second-order valence-electron chi connectivity index (χ2n) is 4.99. The van der Waals surface area contributed by atoms with Crippen molar-refractivity contribution < 1.29 is 4.70 Å². The van der Waals surface area contributed by atoms with Crippen LogP contribution in [0.15, 0.2) is 0 Å². The van der Waals surface area contributed by atoms with Gasteiger partial charge in [0.25, 0.3) is 0 Å². The largest absolute Gasteiger partial charge is 0.178 e.